The highest BCUT2D eigenvalue weighted by Gasteiger charge is 2.24. The van der Waals surface area contributed by atoms with Gasteiger partial charge in [0, 0.05) is 24.4 Å². The van der Waals surface area contributed by atoms with E-state index in [1.807, 2.05) is 0 Å². The first-order chi connectivity index (χ1) is 10.8. The van der Waals surface area contributed by atoms with Crippen LogP contribution in [-0.2, 0) is 9.84 Å². The molecule has 0 radical (unpaired) electrons. The van der Waals surface area contributed by atoms with Crippen LogP contribution in [0.25, 0.3) is 0 Å². The Hall–Kier alpha value is -1.63. The summed E-state index contributed by atoms with van der Waals surface area (Å²) in [6.45, 7) is 2.19. The molecule has 0 spiro atoms. The molecule has 23 heavy (non-hydrogen) atoms. The van der Waals surface area contributed by atoms with Crippen LogP contribution in [0.15, 0.2) is 23.1 Å². The van der Waals surface area contributed by atoms with Gasteiger partial charge in [0.05, 0.1) is 15.5 Å². The second kappa shape index (κ2) is 7.29. The summed E-state index contributed by atoms with van der Waals surface area (Å²) in [6, 6.07) is 4.22. The first-order valence-corrected chi connectivity index (χ1v) is 9.95. The fraction of sp³-hybridized carbons (Fsp3) is 0.625. The van der Waals surface area contributed by atoms with Crippen molar-refractivity contribution in [1.82, 2.24) is 0 Å². The van der Waals surface area contributed by atoms with E-state index in [0.717, 1.165) is 43.9 Å². The molecule has 1 aromatic rings. The smallest absolute Gasteiger partial charge is 0.270 e. The van der Waals surface area contributed by atoms with E-state index in [4.69, 9.17) is 0 Å². The number of benzene rings is 1. The number of anilines is 1. The minimum Gasteiger partial charge on any atom is -0.381 e. The Balaban J connectivity index is 2.15. The number of rotatable bonds is 6. The molecule has 0 atom stereocenters. The summed E-state index contributed by atoms with van der Waals surface area (Å²) in [5.74, 6) is 0.768. The maximum absolute atomic E-state index is 11.9. The molecular weight excluding hydrogens is 316 g/mol. The van der Waals surface area contributed by atoms with Crippen molar-refractivity contribution >= 4 is 21.2 Å². The van der Waals surface area contributed by atoms with E-state index >= 15 is 0 Å². The topological polar surface area (TPSA) is 89.3 Å². The van der Waals surface area contributed by atoms with Crippen LogP contribution in [0.1, 0.15) is 45.4 Å². The predicted octanol–water partition coefficient (Wildman–Crippen LogP) is 3.77. The van der Waals surface area contributed by atoms with E-state index in [-0.39, 0.29) is 16.6 Å². The Bertz CT molecular complexity index is 665. The number of nitro groups is 1. The number of nitrogens with one attached hydrogen (secondary N) is 1. The number of nitrogens with zero attached hydrogens (tertiary/aromatic N) is 1. The molecule has 0 saturated heterocycles. The standard InChI is InChI=1S/C16H24N2O4S/c1-3-4-12-5-7-13(8-6-12)17-15-10-9-14(18(19)20)11-16(15)23(2,21)22/h9-13,17H,3-8H2,1-2H3. The first-order valence-electron chi connectivity index (χ1n) is 8.06. The highest BCUT2D eigenvalue weighted by Crippen LogP contribution is 2.32. The van der Waals surface area contributed by atoms with E-state index in [2.05, 4.69) is 12.2 Å². The molecule has 1 aliphatic carbocycles. The van der Waals surface area contributed by atoms with Gasteiger partial charge in [-0.2, -0.15) is 0 Å². The molecule has 7 heteroatoms. The van der Waals surface area contributed by atoms with Crippen molar-refractivity contribution in [3.05, 3.63) is 28.3 Å². The van der Waals surface area contributed by atoms with Gasteiger partial charge < -0.3 is 5.32 Å². The quantitative estimate of drug-likeness (QED) is 0.629. The zero-order valence-corrected chi connectivity index (χ0v) is 14.4. The molecule has 1 aromatic carbocycles. The van der Waals surface area contributed by atoms with Gasteiger partial charge in [0.15, 0.2) is 9.84 Å². The van der Waals surface area contributed by atoms with Gasteiger partial charge in [-0.05, 0) is 37.7 Å². The molecule has 0 bridgehead atoms. The maximum Gasteiger partial charge on any atom is 0.270 e. The molecule has 6 nitrogen and oxygen atoms in total. The SMILES string of the molecule is CCCC1CCC(Nc2ccc([N+](=O)[O-])cc2S(C)(=O)=O)CC1. The molecule has 0 heterocycles. The van der Waals surface area contributed by atoms with E-state index in [1.54, 1.807) is 0 Å². The van der Waals surface area contributed by atoms with E-state index in [1.165, 1.54) is 25.0 Å². The zero-order chi connectivity index (χ0) is 17.0. The van der Waals surface area contributed by atoms with Gasteiger partial charge in [0.25, 0.3) is 5.69 Å². The first kappa shape index (κ1) is 17.7. The number of sulfone groups is 1. The molecule has 0 unspecified atom stereocenters. The third-order valence-corrected chi connectivity index (χ3v) is 5.62. The summed E-state index contributed by atoms with van der Waals surface area (Å²) >= 11 is 0. The van der Waals surface area contributed by atoms with Gasteiger partial charge in [-0.3, -0.25) is 10.1 Å². The molecule has 0 aromatic heterocycles. The summed E-state index contributed by atoms with van der Waals surface area (Å²) in [4.78, 5) is 10.3. The predicted molar refractivity (Wildman–Crippen MR) is 90.5 cm³/mol. The zero-order valence-electron chi connectivity index (χ0n) is 13.6. The average Bonchev–Trinajstić information content (AvgIpc) is 2.48. The van der Waals surface area contributed by atoms with E-state index < -0.39 is 14.8 Å². The summed E-state index contributed by atoms with van der Waals surface area (Å²) in [5.41, 5.74) is 0.264. The Morgan fingerprint density at radius 1 is 1.26 bits per heavy atom. The molecular formula is C16H24N2O4S. The van der Waals surface area contributed by atoms with Crippen LogP contribution < -0.4 is 5.32 Å². The lowest BCUT2D eigenvalue weighted by Crippen LogP contribution is -2.26. The number of hydrogen-bond acceptors (Lipinski definition) is 5. The van der Waals surface area contributed by atoms with Crippen molar-refractivity contribution in [2.75, 3.05) is 11.6 Å². The summed E-state index contributed by atoms with van der Waals surface area (Å²) < 4.78 is 23.9. The molecule has 1 aliphatic rings. The Morgan fingerprint density at radius 2 is 1.91 bits per heavy atom. The van der Waals surface area contributed by atoms with Crippen molar-refractivity contribution in [2.24, 2.45) is 5.92 Å². The van der Waals surface area contributed by atoms with Crippen LogP contribution in [0.2, 0.25) is 0 Å². The monoisotopic (exact) mass is 340 g/mol. The minimum absolute atomic E-state index is 0.00221. The highest BCUT2D eigenvalue weighted by atomic mass is 32.2. The Kier molecular flexibility index (Phi) is 5.62. The fourth-order valence-corrected chi connectivity index (χ4v) is 4.14. The lowest BCUT2D eigenvalue weighted by Gasteiger charge is -2.30. The van der Waals surface area contributed by atoms with Gasteiger partial charge in [0.2, 0.25) is 0 Å². The van der Waals surface area contributed by atoms with Gasteiger partial charge in [-0.15, -0.1) is 0 Å². The Morgan fingerprint density at radius 3 is 2.43 bits per heavy atom. The molecule has 0 aliphatic heterocycles. The van der Waals surface area contributed by atoms with E-state index in [9.17, 15) is 18.5 Å². The van der Waals surface area contributed by atoms with Crippen molar-refractivity contribution in [2.45, 2.75) is 56.4 Å². The van der Waals surface area contributed by atoms with Crippen LogP contribution >= 0.6 is 0 Å². The highest BCUT2D eigenvalue weighted by molar-refractivity contribution is 7.90. The number of nitro benzene ring substituents is 1. The largest absolute Gasteiger partial charge is 0.381 e. The third-order valence-electron chi connectivity index (χ3n) is 4.48. The molecule has 0 amide bonds. The lowest BCUT2D eigenvalue weighted by molar-refractivity contribution is -0.385. The number of non-ortho nitro benzene ring substituents is 1. The lowest BCUT2D eigenvalue weighted by atomic mass is 9.83. The molecule has 128 valence electrons. The van der Waals surface area contributed by atoms with Gasteiger partial charge in [-0.1, -0.05) is 19.8 Å². The normalized spacial score (nSPS) is 21.8. The molecule has 1 fully saturated rings. The van der Waals surface area contributed by atoms with Crippen LogP contribution in [0.3, 0.4) is 0 Å². The van der Waals surface area contributed by atoms with Gasteiger partial charge in [0.1, 0.15) is 0 Å². The molecule has 1 N–H and O–H groups in total. The van der Waals surface area contributed by atoms with Crippen molar-refractivity contribution in [3.63, 3.8) is 0 Å². The third kappa shape index (κ3) is 4.67. The second-order valence-electron chi connectivity index (χ2n) is 6.36. The summed E-state index contributed by atoms with van der Waals surface area (Å²) in [6.07, 6.45) is 7.83. The summed E-state index contributed by atoms with van der Waals surface area (Å²) in [5, 5.41) is 14.2. The van der Waals surface area contributed by atoms with Crippen LogP contribution in [-0.4, -0.2) is 25.6 Å². The fourth-order valence-electron chi connectivity index (χ4n) is 3.27. The minimum atomic E-state index is -3.53. The summed E-state index contributed by atoms with van der Waals surface area (Å²) in [7, 11) is -3.53. The second-order valence-corrected chi connectivity index (χ2v) is 8.34. The Labute approximate surface area is 137 Å². The molecule has 1 saturated carbocycles. The van der Waals surface area contributed by atoms with Crippen molar-refractivity contribution in [1.29, 1.82) is 0 Å². The van der Waals surface area contributed by atoms with Crippen molar-refractivity contribution < 1.29 is 13.3 Å². The van der Waals surface area contributed by atoms with Crippen molar-refractivity contribution in [3.8, 4) is 0 Å². The molecule has 2 rings (SSSR count). The van der Waals surface area contributed by atoms with Gasteiger partial charge >= 0.3 is 0 Å². The maximum atomic E-state index is 11.9. The van der Waals surface area contributed by atoms with Gasteiger partial charge in [-0.25, -0.2) is 8.42 Å². The number of hydrogen-bond donors (Lipinski definition) is 1. The average molecular weight is 340 g/mol. The van der Waals surface area contributed by atoms with Crippen LogP contribution in [0.5, 0.6) is 0 Å². The van der Waals surface area contributed by atoms with E-state index in [0.29, 0.717) is 5.69 Å². The van der Waals surface area contributed by atoms with Crippen LogP contribution in [0.4, 0.5) is 11.4 Å². The van der Waals surface area contributed by atoms with Crippen LogP contribution in [0, 0.1) is 16.0 Å².